The topological polar surface area (TPSA) is 135 Å². The maximum Gasteiger partial charge on any atom is 0.258 e. The Kier molecular flexibility index (Phi) is 4.99. The van der Waals surface area contributed by atoms with Crippen LogP contribution in [0.3, 0.4) is 0 Å². The number of aliphatic hydroxyl groups excluding tert-OH is 2. The van der Waals surface area contributed by atoms with Gasteiger partial charge in [-0.3, -0.25) is 0 Å². The van der Waals surface area contributed by atoms with Crippen molar-refractivity contribution in [2.75, 3.05) is 36.9 Å². The van der Waals surface area contributed by atoms with Gasteiger partial charge in [0.1, 0.15) is 0 Å². The molecule has 0 unspecified atom stereocenters. The molecule has 2 heterocycles. The van der Waals surface area contributed by atoms with Gasteiger partial charge in [0.2, 0.25) is 5.82 Å². The fourth-order valence-electron chi connectivity index (χ4n) is 3.63. The first-order valence-corrected chi connectivity index (χ1v) is 9.52. The van der Waals surface area contributed by atoms with E-state index in [1.807, 2.05) is 43.3 Å². The van der Waals surface area contributed by atoms with Crippen LogP contribution in [0.15, 0.2) is 40.9 Å². The Morgan fingerprint density at radius 2 is 2.00 bits per heavy atom. The van der Waals surface area contributed by atoms with Crippen molar-refractivity contribution in [1.82, 2.24) is 10.1 Å². The lowest BCUT2D eigenvalue weighted by molar-refractivity contribution is 0.125. The van der Waals surface area contributed by atoms with E-state index in [9.17, 15) is 10.2 Å². The van der Waals surface area contributed by atoms with Gasteiger partial charge in [-0.1, -0.05) is 23.4 Å². The second-order valence-corrected chi connectivity index (χ2v) is 7.65. The van der Waals surface area contributed by atoms with E-state index in [2.05, 4.69) is 15.0 Å². The summed E-state index contributed by atoms with van der Waals surface area (Å²) in [5.41, 5.74) is 16.5. The van der Waals surface area contributed by atoms with Crippen LogP contribution in [0.2, 0.25) is 0 Å². The lowest BCUT2D eigenvalue weighted by Gasteiger charge is -2.31. The minimum Gasteiger partial charge on any atom is -0.398 e. The maximum absolute atomic E-state index is 9.52. The smallest absolute Gasteiger partial charge is 0.258 e. The quantitative estimate of drug-likeness (QED) is 0.459. The molecule has 0 saturated heterocycles. The third-order valence-electron chi connectivity index (χ3n) is 5.45. The van der Waals surface area contributed by atoms with Crippen LogP contribution in [0.5, 0.6) is 0 Å². The molecular weight excluding hydrogens is 370 g/mol. The lowest BCUT2D eigenvalue weighted by Crippen LogP contribution is -2.55. The number of benzene rings is 2. The molecule has 8 heteroatoms. The number of aryl methyl sites for hydroxylation is 1. The summed E-state index contributed by atoms with van der Waals surface area (Å²) in [6, 6.07) is 11.6. The number of anilines is 2. The van der Waals surface area contributed by atoms with Crippen molar-refractivity contribution < 1.29 is 14.7 Å². The molecule has 29 heavy (non-hydrogen) atoms. The number of fused-ring (bicyclic) bond motifs is 1. The van der Waals surface area contributed by atoms with Crippen molar-refractivity contribution in [2.24, 2.45) is 5.73 Å². The van der Waals surface area contributed by atoms with Crippen molar-refractivity contribution in [3.8, 4) is 22.8 Å². The molecule has 0 amide bonds. The van der Waals surface area contributed by atoms with Gasteiger partial charge in [0, 0.05) is 35.6 Å². The molecule has 0 spiro atoms. The largest absolute Gasteiger partial charge is 0.398 e. The highest BCUT2D eigenvalue weighted by Gasteiger charge is 2.31. The molecule has 0 aliphatic carbocycles. The molecule has 152 valence electrons. The summed E-state index contributed by atoms with van der Waals surface area (Å²) in [7, 11) is 0. The minimum absolute atomic E-state index is 0.289. The van der Waals surface area contributed by atoms with E-state index in [1.54, 1.807) is 0 Å². The summed E-state index contributed by atoms with van der Waals surface area (Å²) in [4.78, 5) is 6.65. The zero-order valence-electron chi connectivity index (χ0n) is 16.3. The summed E-state index contributed by atoms with van der Waals surface area (Å²) in [6.45, 7) is 2.47. The van der Waals surface area contributed by atoms with Gasteiger partial charge in [0.25, 0.3) is 5.89 Å². The highest BCUT2D eigenvalue weighted by atomic mass is 16.5. The number of aliphatic hydroxyl groups is 2. The predicted molar refractivity (Wildman–Crippen MR) is 111 cm³/mol. The van der Waals surface area contributed by atoms with Gasteiger partial charge in [0.15, 0.2) is 0 Å². The van der Waals surface area contributed by atoms with Crippen LogP contribution in [0.4, 0.5) is 11.4 Å². The fourth-order valence-corrected chi connectivity index (χ4v) is 3.63. The van der Waals surface area contributed by atoms with E-state index in [1.165, 1.54) is 0 Å². The van der Waals surface area contributed by atoms with Crippen molar-refractivity contribution in [3.05, 3.63) is 47.5 Å². The number of hydrogen-bond acceptors (Lipinski definition) is 8. The zero-order valence-corrected chi connectivity index (χ0v) is 16.3. The fraction of sp³-hybridized carbons (Fsp3) is 0.333. The van der Waals surface area contributed by atoms with E-state index in [0.29, 0.717) is 23.9 Å². The zero-order chi connectivity index (χ0) is 20.6. The number of nitrogens with zero attached hydrogens (tertiary/aromatic N) is 3. The SMILES string of the molecule is Cc1ccc(-c2nc(-c3cccc4c3CCN4CC(N)(CO)CO)no2)cc1N. The molecule has 6 N–H and O–H groups in total. The van der Waals surface area contributed by atoms with E-state index >= 15 is 0 Å². The van der Waals surface area contributed by atoms with Crippen molar-refractivity contribution in [3.63, 3.8) is 0 Å². The van der Waals surface area contributed by atoms with Crippen LogP contribution < -0.4 is 16.4 Å². The molecule has 8 nitrogen and oxygen atoms in total. The van der Waals surface area contributed by atoms with Crippen LogP contribution in [0.25, 0.3) is 22.8 Å². The summed E-state index contributed by atoms with van der Waals surface area (Å²) < 4.78 is 5.49. The van der Waals surface area contributed by atoms with Crippen molar-refractivity contribution in [2.45, 2.75) is 18.9 Å². The predicted octanol–water partition coefficient (Wildman–Crippen LogP) is 1.34. The Balaban J connectivity index is 1.65. The van der Waals surface area contributed by atoms with E-state index in [4.69, 9.17) is 16.0 Å². The molecule has 0 fully saturated rings. The number of hydrogen-bond donors (Lipinski definition) is 4. The highest BCUT2D eigenvalue weighted by molar-refractivity contribution is 5.74. The van der Waals surface area contributed by atoms with Crippen molar-refractivity contribution >= 4 is 11.4 Å². The molecule has 0 saturated carbocycles. The standard InChI is InChI=1S/C21H25N5O3/c1-13-5-6-14(9-17(13)22)20-24-19(25-29-20)16-3-2-4-18-15(16)7-8-26(18)10-21(23,11-27)12-28/h2-6,9,27-28H,7-8,10-12,22-23H2,1H3. The summed E-state index contributed by atoms with van der Waals surface area (Å²) in [6.07, 6.45) is 0.791. The molecule has 2 aromatic carbocycles. The molecule has 4 rings (SSSR count). The van der Waals surface area contributed by atoms with E-state index in [0.717, 1.165) is 40.9 Å². The first-order valence-electron chi connectivity index (χ1n) is 9.52. The molecule has 1 aromatic heterocycles. The Bertz CT molecular complexity index is 1030. The van der Waals surface area contributed by atoms with Gasteiger partial charge in [-0.15, -0.1) is 0 Å². The van der Waals surface area contributed by atoms with Gasteiger partial charge in [-0.05, 0) is 42.7 Å². The van der Waals surface area contributed by atoms with Gasteiger partial charge < -0.3 is 31.1 Å². The van der Waals surface area contributed by atoms with Gasteiger partial charge in [-0.2, -0.15) is 4.98 Å². The van der Waals surface area contributed by atoms with E-state index in [-0.39, 0.29) is 13.2 Å². The number of aromatic nitrogens is 2. The molecule has 0 bridgehead atoms. The van der Waals surface area contributed by atoms with Gasteiger partial charge >= 0.3 is 0 Å². The Labute approximate surface area is 168 Å². The number of nitrogens with two attached hydrogens (primary N) is 2. The summed E-state index contributed by atoms with van der Waals surface area (Å²) >= 11 is 0. The molecular formula is C21H25N5O3. The third kappa shape index (κ3) is 3.57. The second-order valence-electron chi connectivity index (χ2n) is 7.65. The molecule has 0 radical (unpaired) electrons. The van der Waals surface area contributed by atoms with Crippen LogP contribution in [0, 0.1) is 6.92 Å². The third-order valence-corrected chi connectivity index (χ3v) is 5.45. The van der Waals surface area contributed by atoms with E-state index < -0.39 is 5.54 Å². The molecule has 1 aliphatic rings. The second kappa shape index (κ2) is 7.47. The van der Waals surface area contributed by atoms with Crippen LogP contribution in [-0.4, -0.2) is 52.2 Å². The minimum atomic E-state index is -1.05. The summed E-state index contributed by atoms with van der Waals surface area (Å²) in [5, 5.41) is 23.2. The lowest BCUT2D eigenvalue weighted by atomic mass is 10.0. The maximum atomic E-state index is 9.52. The van der Waals surface area contributed by atoms with Crippen LogP contribution >= 0.6 is 0 Å². The molecule has 0 atom stereocenters. The van der Waals surface area contributed by atoms with Crippen LogP contribution in [-0.2, 0) is 6.42 Å². The first kappa shape index (κ1) is 19.4. The van der Waals surface area contributed by atoms with Gasteiger partial charge in [-0.25, -0.2) is 0 Å². The number of nitrogen functional groups attached to an aromatic ring is 1. The summed E-state index contributed by atoms with van der Waals surface area (Å²) in [5.74, 6) is 0.932. The number of rotatable bonds is 6. The Morgan fingerprint density at radius 3 is 2.72 bits per heavy atom. The molecule has 3 aromatic rings. The van der Waals surface area contributed by atoms with Gasteiger partial charge in [0.05, 0.1) is 18.8 Å². The van der Waals surface area contributed by atoms with Crippen LogP contribution in [0.1, 0.15) is 11.1 Å². The average molecular weight is 395 g/mol. The first-order chi connectivity index (χ1) is 13.9. The normalized spacial score (nSPS) is 13.7. The highest BCUT2D eigenvalue weighted by Crippen LogP contribution is 2.36. The average Bonchev–Trinajstić information content (AvgIpc) is 3.37. The van der Waals surface area contributed by atoms with Crippen molar-refractivity contribution in [1.29, 1.82) is 0 Å². The molecule has 1 aliphatic heterocycles. The Hall–Kier alpha value is -2.94. The Morgan fingerprint density at radius 1 is 1.21 bits per heavy atom. The monoisotopic (exact) mass is 395 g/mol.